The zero-order valence-corrected chi connectivity index (χ0v) is 13.3. The van der Waals surface area contributed by atoms with E-state index < -0.39 is 0 Å². The van der Waals surface area contributed by atoms with Crippen molar-refractivity contribution >= 4 is 48.5 Å². The Bertz CT molecular complexity index is 580. The van der Waals surface area contributed by atoms with Crippen molar-refractivity contribution in [3.63, 3.8) is 0 Å². The zero-order valence-electron chi connectivity index (χ0n) is 10.9. The highest BCUT2D eigenvalue weighted by molar-refractivity contribution is 9.10. The molecular formula is C13H16BrN3OS. The second kappa shape index (κ2) is 6.34. The number of hydrogen-bond donors (Lipinski definition) is 1. The molecule has 2 rings (SSSR count). The van der Waals surface area contributed by atoms with Crippen LogP contribution in [0.15, 0.2) is 22.7 Å². The third-order valence-electron chi connectivity index (χ3n) is 2.86. The fraction of sp³-hybridized carbons (Fsp3) is 0.385. The second-order valence-corrected chi connectivity index (χ2v) is 6.00. The number of likely N-dealkylation sites (N-methyl/N-ethyl adjacent to an activating group) is 1. The minimum absolute atomic E-state index is 0.102. The standard InChI is InChI=1S/C13H16BrN3OS/c1-3-17(4-2)12(18)8-15-13-16-10-7-9(14)5-6-11(10)19-13/h5-7H,3-4,8H2,1-2H3,(H,15,16). The Balaban J connectivity index is 2.03. The largest absolute Gasteiger partial charge is 0.352 e. The number of amides is 1. The monoisotopic (exact) mass is 341 g/mol. The van der Waals surface area contributed by atoms with Gasteiger partial charge in [0, 0.05) is 17.6 Å². The van der Waals surface area contributed by atoms with Gasteiger partial charge in [-0.05, 0) is 32.0 Å². The number of anilines is 1. The quantitative estimate of drug-likeness (QED) is 0.906. The van der Waals surface area contributed by atoms with E-state index in [0.717, 1.165) is 32.9 Å². The third-order valence-corrected chi connectivity index (χ3v) is 4.34. The molecule has 4 nitrogen and oxygen atoms in total. The molecule has 0 aliphatic rings. The summed E-state index contributed by atoms with van der Waals surface area (Å²) < 4.78 is 2.12. The molecule has 0 atom stereocenters. The maximum atomic E-state index is 11.9. The first-order valence-corrected chi connectivity index (χ1v) is 7.82. The highest BCUT2D eigenvalue weighted by Gasteiger charge is 2.10. The Labute approximate surface area is 125 Å². The van der Waals surface area contributed by atoms with E-state index in [2.05, 4.69) is 26.2 Å². The number of carbonyl (C=O) groups is 1. The van der Waals surface area contributed by atoms with Crippen LogP contribution in [0.1, 0.15) is 13.8 Å². The number of nitrogens with zero attached hydrogens (tertiary/aromatic N) is 2. The molecule has 1 N–H and O–H groups in total. The molecule has 0 saturated carbocycles. The number of benzene rings is 1. The van der Waals surface area contributed by atoms with Crippen LogP contribution >= 0.6 is 27.3 Å². The third kappa shape index (κ3) is 3.45. The molecule has 102 valence electrons. The highest BCUT2D eigenvalue weighted by Crippen LogP contribution is 2.27. The summed E-state index contributed by atoms with van der Waals surface area (Å²) >= 11 is 4.99. The van der Waals surface area contributed by atoms with Crippen LogP contribution < -0.4 is 5.32 Å². The molecule has 0 aliphatic heterocycles. The molecule has 2 aromatic rings. The van der Waals surface area contributed by atoms with Crippen LogP contribution in [-0.2, 0) is 4.79 Å². The van der Waals surface area contributed by atoms with Crippen molar-refractivity contribution in [2.24, 2.45) is 0 Å². The summed E-state index contributed by atoms with van der Waals surface area (Å²) in [6.45, 7) is 5.74. The number of rotatable bonds is 5. The van der Waals surface area contributed by atoms with Gasteiger partial charge >= 0.3 is 0 Å². The molecule has 19 heavy (non-hydrogen) atoms. The summed E-state index contributed by atoms with van der Waals surface area (Å²) in [5, 5.41) is 3.89. The van der Waals surface area contributed by atoms with E-state index in [1.165, 1.54) is 0 Å². The molecule has 0 radical (unpaired) electrons. The maximum absolute atomic E-state index is 11.9. The molecule has 0 spiro atoms. The first-order chi connectivity index (χ1) is 9.13. The Morgan fingerprint density at radius 3 is 2.84 bits per heavy atom. The van der Waals surface area contributed by atoms with Gasteiger partial charge in [0.25, 0.3) is 0 Å². The van der Waals surface area contributed by atoms with Gasteiger partial charge in [-0.2, -0.15) is 0 Å². The fourth-order valence-electron chi connectivity index (χ4n) is 1.82. The lowest BCUT2D eigenvalue weighted by Crippen LogP contribution is -2.35. The van der Waals surface area contributed by atoms with Gasteiger partial charge in [-0.25, -0.2) is 4.98 Å². The summed E-state index contributed by atoms with van der Waals surface area (Å²) in [6.07, 6.45) is 0. The lowest BCUT2D eigenvalue weighted by molar-refractivity contribution is -0.128. The van der Waals surface area contributed by atoms with Crippen molar-refractivity contribution in [3.05, 3.63) is 22.7 Å². The Kier molecular flexibility index (Phi) is 4.76. The number of halogens is 1. The number of carbonyl (C=O) groups excluding carboxylic acids is 1. The normalized spacial score (nSPS) is 10.7. The van der Waals surface area contributed by atoms with Crippen LogP contribution in [0.3, 0.4) is 0 Å². The van der Waals surface area contributed by atoms with E-state index >= 15 is 0 Å². The molecule has 1 heterocycles. The van der Waals surface area contributed by atoms with Crippen LogP contribution in [0.5, 0.6) is 0 Å². The molecule has 6 heteroatoms. The van der Waals surface area contributed by atoms with Gasteiger partial charge in [0.1, 0.15) is 0 Å². The SMILES string of the molecule is CCN(CC)C(=O)CNc1nc2cc(Br)ccc2s1. The summed E-state index contributed by atoms with van der Waals surface area (Å²) in [7, 11) is 0. The fourth-order valence-corrected chi connectivity index (χ4v) is 3.01. The van der Waals surface area contributed by atoms with Crippen molar-refractivity contribution < 1.29 is 4.79 Å². The molecule has 0 bridgehead atoms. The Morgan fingerprint density at radius 1 is 1.42 bits per heavy atom. The summed E-state index contributed by atoms with van der Waals surface area (Å²) in [5.74, 6) is 0.102. The minimum Gasteiger partial charge on any atom is -0.352 e. The smallest absolute Gasteiger partial charge is 0.241 e. The lowest BCUT2D eigenvalue weighted by Gasteiger charge is -2.18. The molecule has 1 amide bonds. The lowest BCUT2D eigenvalue weighted by atomic mass is 10.3. The van der Waals surface area contributed by atoms with Crippen molar-refractivity contribution in [1.29, 1.82) is 0 Å². The zero-order chi connectivity index (χ0) is 13.8. The molecular weight excluding hydrogens is 326 g/mol. The summed E-state index contributed by atoms with van der Waals surface area (Å²) in [5.41, 5.74) is 0.942. The number of hydrogen-bond acceptors (Lipinski definition) is 4. The molecule has 0 aliphatic carbocycles. The van der Waals surface area contributed by atoms with Crippen molar-refractivity contribution in [1.82, 2.24) is 9.88 Å². The van der Waals surface area contributed by atoms with Gasteiger partial charge in [0.05, 0.1) is 16.8 Å². The van der Waals surface area contributed by atoms with Gasteiger partial charge in [0.15, 0.2) is 5.13 Å². The highest BCUT2D eigenvalue weighted by atomic mass is 79.9. The van der Waals surface area contributed by atoms with Gasteiger partial charge in [0.2, 0.25) is 5.91 Å². The topological polar surface area (TPSA) is 45.2 Å². The predicted octanol–water partition coefficient (Wildman–Crippen LogP) is 3.34. The first kappa shape index (κ1) is 14.3. The summed E-state index contributed by atoms with van der Waals surface area (Å²) in [6, 6.07) is 5.99. The molecule has 1 aromatic carbocycles. The van der Waals surface area contributed by atoms with E-state index in [-0.39, 0.29) is 5.91 Å². The molecule has 0 unspecified atom stereocenters. The molecule has 1 aromatic heterocycles. The van der Waals surface area contributed by atoms with E-state index in [1.54, 1.807) is 16.2 Å². The number of nitrogens with one attached hydrogen (secondary N) is 1. The molecule has 0 fully saturated rings. The van der Waals surface area contributed by atoms with Crippen molar-refractivity contribution in [2.75, 3.05) is 25.0 Å². The van der Waals surface area contributed by atoms with Crippen LogP contribution in [0.4, 0.5) is 5.13 Å². The average molecular weight is 342 g/mol. The van der Waals surface area contributed by atoms with E-state index in [0.29, 0.717) is 6.54 Å². The van der Waals surface area contributed by atoms with Crippen molar-refractivity contribution in [2.45, 2.75) is 13.8 Å². The van der Waals surface area contributed by atoms with Crippen LogP contribution in [0, 0.1) is 0 Å². The Morgan fingerprint density at radius 2 is 2.16 bits per heavy atom. The van der Waals surface area contributed by atoms with E-state index in [4.69, 9.17) is 0 Å². The van der Waals surface area contributed by atoms with Crippen molar-refractivity contribution in [3.8, 4) is 0 Å². The molecule has 0 saturated heterocycles. The Hall–Kier alpha value is -1.14. The average Bonchev–Trinajstić information content (AvgIpc) is 2.79. The van der Waals surface area contributed by atoms with E-state index in [1.807, 2.05) is 32.0 Å². The van der Waals surface area contributed by atoms with Gasteiger partial charge < -0.3 is 10.2 Å². The summed E-state index contributed by atoms with van der Waals surface area (Å²) in [4.78, 5) is 18.1. The van der Waals surface area contributed by atoms with Gasteiger partial charge in [-0.1, -0.05) is 27.3 Å². The minimum atomic E-state index is 0.102. The number of fused-ring (bicyclic) bond motifs is 1. The van der Waals surface area contributed by atoms with Crippen LogP contribution in [-0.4, -0.2) is 35.4 Å². The number of aromatic nitrogens is 1. The predicted molar refractivity (Wildman–Crippen MR) is 83.7 cm³/mol. The van der Waals surface area contributed by atoms with Gasteiger partial charge in [-0.3, -0.25) is 4.79 Å². The second-order valence-electron chi connectivity index (χ2n) is 4.05. The van der Waals surface area contributed by atoms with E-state index in [9.17, 15) is 4.79 Å². The first-order valence-electron chi connectivity index (χ1n) is 6.21. The number of thiazole rings is 1. The van der Waals surface area contributed by atoms with Crippen LogP contribution in [0.2, 0.25) is 0 Å². The maximum Gasteiger partial charge on any atom is 0.241 e. The van der Waals surface area contributed by atoms with Gasteiger partial charge in [-0.15, -0.1) is 0 Å². The van der Waals surface area contributed by atoms with Crippen LogP contribution in [0.25, 0.3) is 10.2 Å².